The molecular weight excluding hydrogens is 198 g/mol. The SMILES string of the molecule is CC(C)n1ncc(Cl)c1C1=CCNC1. The Morgan fingerprint density at radius 2 is 2.36 bits per heavy atom. The molecule has 2 rings (SSSR count). The minimum atomic E-state index is 0.346. The summed E-state index contributed by atoms with van der Waals surface area (Å²) in [6.07, 6.45) is 3.89. The van der Waals surface area contributed by atoms with Gasteiger partial charge >= 0.3 is 0 Å². The first-order valence-corrected chi connectivity index (χ1v) is 5.21. The minimum absolute atomic E-state index is 0.346. The van der Waals surface area contributed by atoms with Crippen molar-refractivity contribution in [1.29, 1.82) is 0 Å². The molecular formula is C10H14ClN3. The maximum atomic E-state index is 6.12. The van der Waals surface area contributed by atoms with E-state index < -0.39 is 0 Å². The summed E-state index contributed by atoms with van der Waals surface area (Å²) in [4.78, 5) is 0. The Hall–Kier alpha value is -0.800. The van der Waals surface area contributed by atoms with E-state index in [0.29, 0.717) is 6.04 Å². The van der Waals surface area contributed by atoms with Gasteiger partial charge in [0.2, 0.25) is 0 Å². The highest BCUT2D eigenvalue weighted by atomic mass is 35.5. The molecule has 3 nitrogen and oxygen atoms in total. The highest BCUT2D eigenvalue weighted by Gasteiger charge is 2.17. The van der Waals surface area contributed by atoms with E-state index in [-0.39, 0.29) is 0 Å². The van der Waals surface area contributed by atoms with Crippen LogP contribution >= 0.6 is 11.6 Å². The van der Waals surface area contributed by atoms with Crippen LogP contribution in [0.5, 0.6) is 0 Å². The van der Waals surface area contributed by atoms with Crippen LogP contribution in [0.1, 0.15) is 25.6 Å². The summed E-state index contributed by atoms with van der Waals surface area (Å²) in [7, 11) is 0. The summed E-state index contributed by atoms with van der Waals surface area (Å²) in [5.41, 5.74) is 2.31. The average Bonchev–Trinajstić information content (AvgIpc) is 2.71. The van der Waals surface area contributed by atoms with E-state index in [1.165, 1.54) is 5.57 Å². The van der Waals surface area contributed by atoms with E-state index in [4.69, 9.17) is 11.6 Å². The number of hydrogen-bond donors (Lipinski definition) is 1. The third-order valence-electron chi connectivity index (χ3n) is 2.35. The van der Waals surface area contributed by atoms with Crippen molar-refractivity contribution in [3.05, 3.63) is 23.0 Å². The molecule has 0 aromatic carbocycles. The fourth-order valence-electron chi connectivity index (χ4n) is 1.69. The molecule has 1 aliphatic heterocycles. The quantitative estimate of drug-likeness (QED) is 0.812. The molecule has 0 saturated carbocycles. The van der Waals surface area contributed by atoms with Crippen molar-refractivity contribution in [2.45, 2.75) is 19.9 Å². The van der Waals surface area contributed by atoms with Gasteiger partial charge in [0, 0.05) is 19.1 Å². The van der Waals surface area contributed by atoms with Crippen LogP contribution in [0.3, 0.4) is 0 Å². The lowest BCUT2D eigenvalue weighted by Crippen LogP contribution is -2.11. The van der Waals surface area contributed by atoms with Crippen molar-refractivity contribution < 1.29 is 0 Å². The van der Waals surface area contributed by atoms with Crippen molar-refractivity contribution in [2.75, 3.05) is 13.1 Å². The number of rotatable bonds is 2. The highest BCUT2D eigenvalue weighted by molar-refractivity contribution is 6.32. The summed E-state index contributed by atoms with van der Waals surface area (Å²) < 4.78 is 1.97. The van der Waals surface area contributed by atoms with Gasteiger partial charge < -0.3 is 5.32 Å². The van der Waals surface area contributed by atoms with Gasteiger partial charge in [-0.25, -0.2) is 0 Å². The number of halogens is 1. The summed E-state index contributed by atoms with van der Waals surface area (Å²) in [6, 6.07) is 0.346. The lowest BCUT2D eigenvalue weighted by atomic mass is 10.2. The van der Waals surface area contributed by atoms with Crippen molar-refractivity contribution in [3.63, 3.8) is 0 Å². The van der Waals surface area contributed by atoms with Gasteiger partial charge in [-0.1, -0.05) is 17.7 Å². The van der Waals surface area contributed by atoms with Crippen LogP contribution in [0.2, 0.25) is 5.02 Å². The van der Waals surface area contributed by atoms with Gasteiger partial charge in [-0.3, -0.25) is 4.68 Å². The van der Waals surface area contributed by atoms with Gasteiger partial charge in [0.1, 0.15) is 0 Å². The van der Waals surface area contributed by atoms with Crippen LogP contribution in [0.15, 0.2) is 12.3 Å². The molecule has 0 bridgehead atoms. The van der Waals surface area contributed by atoms with Gasteiger partial charge in [0.05, 0.1) is 16.9 Å². The molecule has 0 spiro atoms. The fourth-order valence-corrected chi connectivity index (χ4v) is 1.94. The van der Waals surface area contributed by atoms with Crippen LogP contribution in [-0.4, -0.2) is 22.9 Å². The largest absolute Gasteiger partial charge is 0.309 e. The lowest BCUT2D eigenvalue weighted by molar-refractivity contribution is 0.526. The summed E-state index contributed by atoms with van der Waals surface area (Å²) in [6.45, 7) is 6.03. The zero-order valence-electron chi connectivity index (χ0n) is 8.42. The molecule has 4 heteroatoms. The molecule has 0 amide bonds. The molecule has 2 heterocycles. The third kappa shape index (κ3) is 1.57. The van der Waals surface area contributed by atoms with E-state index in [1.807, 2.05) is 4.68 Å². The first-order valence-electron chi connectivity index (χ1n) is 4.83. The number of nitrogens with one attached hydrogen (secondary N) is 1. The maximum Gasteiger partial charge on any atom is 0.0862 e. The molecule has 76 valence electrons. The average molecular weight is 212 g/mol. The fraction of sp³-hybridized carbons (Fsp3) is 0.500. The first kappa shape index (κ1) is 9.74. The Labute approximate surface area is 88.8 Å². The zero-order chi connectivity index (χ0) is 10.1. The normalized spacial score (nSPS) is 16.4. The lowest BCUT2D eigenvalue weighted by Gasteiger charge is -2.11. The van der Waals surface area contributed by atoms with E-state index in [0.717, 1.165) is 23.8 Å². The molecule has 0 unspecified atom stereocenters. The van der Waals surface area contributed by atoms with Gasteiger partial charge in [-0.05, 0) is 19.4 Å². The van der Waals surface area contributed by atoms with Crippen molar-refractivity contribution in [1.82, 2.24) is 15.1 Å². The first-order chi connectivity index (χ1) is 6.70. The van der Waals surface area contributed by atoms with Crippen molar-refractivity contribution in [2.24, 2.45) is 0 Å². The Balaban J connectivity index is 2.44. The van der Waals surface area contributed by atoms with E-state index >= 15 is 0 Å². The second-order valence-electron chi connectivity index (χ2n) is 3.74. The molecule has 0 saturated heterocycles. The van der Waals surface area contributed by atoms with Gasteiger partial charge in [-0.15, -0.1) is 0 Å². The van der Waals surface area contributed by atoms with E-state index in [2.05, 4.69) is 30.3 Å². The number of hydrogen-bond acceptors (Lipinski definition) is 2. The minimum Gasteiger partial charge on any atom is -0.309 e. The van der Waals surface area contributed by atoms with E-state index in [1.54, 1.807) is 6.20 Å². The Morgan fingerprint density at radius 3 is 2.93 bits per heavy atom. The number of nitrogens with zero attached hydrogens (tertiary/aromatic N) is 2. The molecule has 14 heavy (non-hydrogen) atoms. The molecule has 0 radical (unpaired) electrons. The second-order valence-corrected chi connectivity index (χ2v) is 4.15. The third-order valence-corrected chi connectivity index (χ3v) is 2.63. The predicted molar refractivity (Wildman–Crippen MR) is 58.5 cm³/mol. The van der Waals surface area contributed by atoms with Crippen LogP contribution in [0.4, 0.5) is 0 Å². The molecule has 0 atom stereocenters. The molecule has 1 N–H and O–H groups in total. The molecule has 1 aliphatic rings. The standard InChI is InChI=1S/C10H14ClN3/c1-7(2)14-10(9(11)6-13-14)8-3-4-12-5-8/h3,6-7,12H,4-5H2,1-2H3. The number of aromatic nitrogens is 2. The monoisotopic (exact) mass is 211 g/mol. The Bertz CT molecular complexity index is 365. The topological polar surface area (TPSA) is 29.9 Å². The Morgan fingerprint density at radius 1 is 1.57 bits per heavy atom. The van der Waals surface area contributed by atoms with Gasteiger partial charge in [-0.2, -0.15) is 5.10 Å². The van der Waals surface area contributed by atoms with Gasteiger partial charge in [0.25, 0.3) is 0 Å². The van der Waals surface area contributed by atoms with Crippen LogP contribution in [0, 0.1) is 0 Å². The summed E-state index contributed by atoms with van der Waals surface area (Å²) in [5, 5.41) is 8.28. The van der Waals surface area contributed by atoms with Crippen molar-refractivity contribution >= 4 is 17.2 Å². The molecule has 1 aromatic rings. The van der Waals surface area contributed by atoms with Crippen LogP contribution in [0.25, 0.3) is 5.57 Å². The van der Waals surface area contributed by atoms with Crippen LogP contribution < -0.4 is 5.32 Å². The van der Waals surface area contributed by atoms with Gasteiger partial charge in [0.15, 0.2) is 0 Å². The molecule has 0 fully saturated rings. The van der Waals surface area contributed by atoms with Crippen LogP contribution in [-0.2, 0) is 0 Å². The molecule has 0 aliphatic carbocycles. The van der Waals surface area contributed by atoms with Crippen molar-refractivity contribution in [3.8, 4) is 0 Å². The maximum absolute atomic E-state index is 6.12. The highest BCUT2D eigenvalue weighted by Crippen LogP contribution is 2.26. The predicted octanol–water partition coefficient (Wildman–Crippen LogP) is 2.10. The molecule has 1 aromatic heterocycles. The summed E-state index contributed by atoms with van der Waals surface area (Å²) >= 11 is 6.12. The smallest absolute Gasteiger partial charge is 0.0862 e. The Kier molecular flexibility index (Phi) is 2.61. The second kappa shape index (κ2) is 3.75. The van der Waals surface area contributed by atoms with E-state index in [9.17, 15) is 0 Å². The zero-order valence-corrected chi connectivity index (χ0v) is 9.17. The summed E-state index contributed by atoms with van der Waals surface area (Å²) in [5.74, 6) is 0.